The van der Waals surface area contributed by atoms with Gasteiger partial charge in [0.25, 0.3) is 0 Å². The van der Waals surface area contributed by atoms with Crippen LogP contribution in [0.15, 0.2) is 59.6 Å². The molecule has 0 bridgehead atoms. The molecular formula is C26H37N3O3. The first kappa shape index (κ1) is 24.2. The zero-order valence-corrected chi connectivity index (χ0v) is 19.5. The summed E-state index contributed by atoms with van der Waals surface area (Å²) < 4.78 is 17.0. The fourth-order valence-corrected chi connectivity index (χ4v) is 3.92. The molecule has 0 aromatic heterocycles. The molecule has 0 amide bonds. The number of methoxy groups -OCH3 is 1. The molecule has 2 aromatic rings. The van der Waals surface area contributed by atoms with Crippen molar-refractivity contribution >= 4 is 5.96 Å². The Bertz CT molecular complexity index is 805. The molecule has 0 unspecified atom stereocenters. The molecule has 1 fully saturated rings. The first-order chi connectivity index (χ1) is 15.8. The average Bonchev–Trinajstić information content (AvgIpc) is 2.84. The van der Waals surface area contributed by atoms with Gasteiger partial charge in [0, 0.05) is 47.0 Å². The van der Waals surface area contributed by atoms with Gasteiger partial charge in [-0.25, -0.2) is 0 Å². The molecule has 1 saturated heterocycles. The Labute approximate surface area is 192 Å². The minimum atomic E-state index is 0.337. The quantitative estimate of drug-likeness (QED) is 0.326. The summed E-state index contributed by atoms with van der Waals surface area (Å²) in [7, 11) is 3.58. The van der Waals surface area contributed by atoms with Crippen LogP contribution in [0.1, 0.15) is 36.0 Å². The Balaban J connectivity index is 1.44. The molecular weight excluding hydrogens is 402 g/mol. The van der Waals surface area contributed by atoms with Crippen molar-refractivity contribution < 1.29 is 14.2 Å². The van der Waals surface area contributed by atoms with E-state index in [0.717, 1.165) is 58.1 Å². The van der Waals surface area contributed by atoms with E-state index < -0.39 is 0 Å². The van der Waals surface area contributed by atoms with Crippen LogP contribution in [-0.4, -0.2) is 57.4 Å². The van der Waals surface area contributed by atoms with Crippen molar-refractivity contribution in [2.45, 2.75) is 45.1 Å². The fraction of sp³-hybridized carbons (Fsp3) is 0.500. The lowest BCUT2D eigenvalue weighted by Crippen LogP contribution is -2.46. The van der Waals surface area contributed by atoms with Gasteiger partial charge >= 0.3 is 0 Å². The largest absolute Gasteiger partial charge is 0.385 e. The van der Waals surface area contributed by atoms with Crippen molar-refractivity contribution in [3.05, 3.63) is 71.3 Å². The van der Waals surface area contributed by atoms with E-state index in [9.17, 15) is 0 Å². The van der Waals surface area contributed by atoms with E-state index in [1.807, 2.05) is 25.2 Å². The maximum Gasteiger partial charge on any atom is 0.193 e. The number of nitrogens with zero attached hydrogens (tertiary/aromatic N) is 2. The second-order valence-corrected chi connectivity index (χ2v) is 8.05. The van der Waals surface area contributed by atoms with Crippen LogP contribution < -0.4 is 5.32 Å². The van der Waals surface area contributed by atoms with Gasteiger partial charge in [-0.05, 0) is 36.0 Å². The molecule has 1 aliphatic rings. The van der Waals surface area contributed by atoms with Crippen LogP contribution >= 0.6 is 0 Å². The Morgan fingerprint density at radius 2 is 1.69 bits per heavy atom. The number of likely N-dealkylation sites (tertiary alicyclic amines) is 1. The van der Waals surface area contributed by atoms with Crippen LogP contribution in [0.3, 0.4) is 0 Å². The van der Waals surface area contributed by atoms with Crippen molar-refractivity contribution in [3.8, 4) is 0 Å². The summed E-state index contributed by atoms with van der Waals surface area (Å²) in [5, 5.41) is 3.54. The molecule has 1 heterocycles. The van der Waals surface area contributed by atoms with E-state index >= 15 is 0 Å². The molecule has 0 spiro atoms. The first-order valence-electron chi connectivity index (χ1n) is 11.5. The van der Waals surface area contributed by atoms with E-state index in [1.54, 1.807) is 7.11 Å². The summed E-state index contributed by atoms with van der Waals surface area (Å²) in [6.45, 7) is 5.38. The number of piperidine rings is 1. The lowest BCUT2D eigenvalue weighted by Gasteiger charge is -2.34. The topological polar surface area (TPSA) is 55.3 Å². The minimum absolute atomic E-state index is 0.337. The summed E-state index contributed by atoms with van der Waals surface area (Å²) in [6, 6.07) is 18.7. The normalized spacial score (nSPS) is 15.2. The van der Waals surface area contributed by atoms with Gasteiger partial charge in [0.2, 0.25) is 0 Å². The van der Waals surface area contributed by atoms with Gasteiger partial charge in [0.15, 0.2) is 5.96 Å². The summed E-state index contributed by atoms with van der Waals surface area (Å²) >= 11 is 0. The van der Waals surface area contributed by atoms with Crippen LogP contribution in [0.4, 0.5) is 0 Å². The van der Waals surface area contributed by atoms with Crippen LogP contribution in [0, 0.1) is 0 Å². The molecule has 1 aliphatic heterocycles. The molecule has 1 N–H and O–H groups in total. The number of ether oxygens (including phenoxy) is 3. The molecule has 0 aliphatic carbocycles. The average molecular weight is 440 g/mol. The number of aliphatic imine (C=N–C) groups is 1. The second-order valence-electron chi connectivity index (χ2n) is 8.05. The zero-order chi connectivity index (χ0) is 22.4. The first-order valence-corrected chi connectivity index (χ1v) is 11.5. The van der Waals surface area contributed by atoms with Gasteiger partial charge in [-0.15, -0.1) is 0 Å². The van der Waals surface area contributed by atoms with Crippen LogP contribution in [0.2, 0.25) is 0 Å². The Hall–Kier alpha value is -2.41. The van der Waals surface area contributed by atoms with Gasteiger partial charge in [0.1, 0.15) is 0 Å². The van der Waals surface area contributed by atoms with Gasteiger partial charge in [-0.2, -0.15) is 0 Å². The SMILES string of the molecule is CN=C(NCc1ccccc1COCc1ccccc1)N1CCC(OCCCOC)CC1. The van der Waals surface area contributed by atoms with E-state index in [-0.39, 0.29) is 0 Å². The summed E-state index contributed by atoms with van der Waals surface area (Å²) in [4.78, 5) is 6.84. The van der Waals surface area contributed by atoms with Crippen molar-refractivity contribution in [2.75, 3.05) is 40.5 Å². The third-order valence-corrected chi connectivity index (χ3v) is 5.72. The predicted molar refractivity (Wildman–Crippen MR) is 129 cm³/mol. The Kier molecular flexibility index (Phi) is 10.5. The third-order valence-electron chi connectivity index (χ3n) is 5.72. The number of hydrogen-bond acceptors (Lipinski definition) is 4. The van der Waals surface area contributed by atoms with E-state index in [2.05, 4.69) is 51.6 Å². The molecule has 6 heteroatoms. The van der Waals surface area contributed by atoms with Gasteiger partial charge in [-0.3, -0.25) is 4.99 Å². The molecule has 0 saturated carbocycles. The fourth-order valence-electron chi connectivity index (χ4n) is 3.92. The maximum absolute atomic E-state index is 5.98. The van der Waals surface area contributed by atoms with Crippen molar-refractivity contribution in [1.29, 1.82) is 0 Å². The standard InChI is InChI=1S/C26H37N3O3/c1-27-26(29-15-13-25(14-16-29)32-18-8-17-30-2)28-19-23-11-6-7-12-24(23)21-31-20-22-9-4-3-5-10-22/h3-7,9-12,25H,8,13-21H2,1-2H3,(H,27,28). The number of guanidine groups is 1. The zero-order valence-electron chi connectivity index (χ0n) is 19.5. The number of nitrogens with one attached hydrogen (secondary N) is 1. The highest BCUT2D eigenvalue weighted by Gasteiger charge is 2.21. The highest BCUT2D eigenvalue weighted by atomic mass is 16.5. The van der Waals surface area contributed by atoms with Crippen LogP contribution in [0.5, 0.6) is 0 Å². The lowest BCUT2D eigenvalue weighted by molar-refractivity contribution is 0.00989. The molecule has 0 radical (unpaired) electrons. The molecule has 2 aromatic carbocycles. The minimum Gasteiger partial charge on any atom is -0.385 e. The lowest BCUT2D eigenvalue weighted by atomic mass is 10.1. The highest BCUT2D eigenvalue weighted by molar-refractivity contribution is 5.80. The third kappa shape index (κ3) is 7.93. The molecule has 3 rings (SSSR count). The molecule has 0 atom stereocenters. The molecule has 6 nitrogen and oxygen atoms in total. The summed E-state index contributed by atoms with van der Waals surface area (Å²) in [5.74, 6) is 0.947. The highest BCUT2D eigenvalue weighted by Crippen LogP contribution is 2.15. The van der Waals surface area contributed by atoms with Gasteiger partial charge < -0.3 is 24.4 Å². The monoisotopic (exact) mass is 439 g/mol. The van der Waals surface area contributed by atoms with E-state index in [0.29, 0.717) is 19.3 Å². The molecule has 32 heavy (non-hydrogen) atoms. The predicted octanol–water partition coefficient (Wildman–Crippen LogP) is 4.00. The summed E-state index contributed by atoms with van der Waals surface area (Å²) in [5.41, 5.74) is 3.63. The van der Waals surface area contributed by atoms with Crippen LogP contribution in [-0.2, 0) is 34.0 Å². The maximum atomic E-state index is 5.98. The number of benzene rings is 2. The van der Waals surface area contributed by atoms with Crippen molar-refractivity contribution in [1.82, 2.24) is 10.2 Å². The Morgan fingerprint density at radius 1 is 0.969 bits per heavy atom. The van der Waals surface area contributed by atoms with Gasteiger partial charge in [-0.1, -0.05) is 54.6 Å². The van der Waals surface area contributed by atoms with Crippen molar-refractivity contribution in [3.63, 3.8) is 0 Å². The van der Waals surface area contributed by atoms with Crippen molar-refractivity contribution in [2.24, 2.45) is 4.99 Å². The van der Waals surface area contributed by atoms with E-state index in [4.69, 9.17) is 14.2 Å². The molecule has 174 valence electrons. The second kappa shape index (κ2) is 13.9. The summed E-state index contributed by atoms with van der Waals surface area (Å²) in [6.07, 6.45) is 3.34. The van der Waals surface area contributed by atoms with Gasteiger partial charge in [0.05, 0.1) is 19.3 Å². The smallest absolute Gasteiger partial charge is 0.193 e. The van der Waals surface area contributed by atoms with E-state index in [1.165, 1.54) is 16.7 Å². The number of rotatable bonds is 11. The Morgan fingerprint density at radius 3 is 2.41 bits per heavy atom. The van der Waals surface area contributed by atoms with Crippen LogP contribution in [0.25, 0.3) is 0 Å². The number of hydrogen-bond donors (Lipinski definition) is 1.